The van der Waals surface area contributed by atoms with Gasteiger partial charge in [-0.05, 0) is 36.8 Å². The van der Waals surface area contributed by atoms with Gasteiger partial charge in [-0.15, -0.1) is 11.3 Å². The molecule has 0 unspecified atom stereocenters. The summed E-state index contributed by atoms with van der Waals surface area (Å²) in [6.07, 6.45) is 0. The Balaban J connectivity index is 1.66. The second-order valence-corrected chi connectivity index (χ2v) is 6.00. The molecule has 0 aliphatic rings. The molecule has 5 heteroatoms. The highest BCUT2D eigenvalue weighted by molar-refractivity contribution is 7.13. The van der Waals surface area contributed by atoms with Crippen LogP contribution in [-0.4, -0.2) is 16.1 Å². The molecule has 0 saturated heterocycles. The zero-order valence-corrected chi connectivity index (χ0v) is 13.3. The number of thiazole rings is 1. The first-order valence-corrected chi connectivity index (χ1v) is 7.97. The highest BCUT2D eigenvalue weighted by Gasteiger charge is 2.10. The van der Waals surface area contributed by atoms with Crippen LogP contribution in [0.15, 0.2) is 53.9 Å². The van der Waals surface area contributed by atoms with E-state index < -0.39 is 5.97 Å². The van der Waals surface area contributed by atoms with Crippen LogP contribution in [0, 0.1) is 6.92 Å². The van der Waals surface area contributed by atoms with E-state index in [9.17, 15) is 4.79 Å². The molecule has 0 bridgehead atoms. The topological polar surface area (TPSA) is 59.4 Å². The molecule has 116 valence electrons. The predicted octanol–water partition coefficient (Wildman–Crippen LogP) is 4.40. The molecule has 1 heterocycles. The number of hydrogen-bond acceptors (Lipinski definition) is 4. The summed E-state index contributed by atoms with van der Waals surface area (Å²) >= 11 is 1.32. The number of rotatable bonds is 5. The Hall–Kier alpha value is -2.66. The zero-order chi connectivity index (χ0) is 16.2. The number of aromatic carboxylic acids is 1. The summed E-state index contributed by atoms with van der Waals surface area (Å²) in [5.41, 5.74) is 3.29. The van der Waals surface area contributed by atoms with Crippen LogP contribution in [0.25, 0.3) is 10.6 Å². The van der Waals surface area contributed by atoms with Crippen molar-refractivity contribution in [2.45, 2.75) is 13.5 Å². The molecule has 0 aliphatic carbocycles. The quantitative estimate of drug-likeness (QED) is 0.755. The number of aryl methyl sites for hydroxylation is 1. The number of benzene rings is 2. The molecule has 0 atom stereocenters. The Morgan fingerprint density at radius 3 is 2.43 bits per heavy atom. The molecule has 0 radical (unpaired) electrons. The first-order chi connectivity index (χ1) is 11.1. The maximum atomic E-state index is 10.9. The van der Waals surface area contributed by atoms with Gasteiger partial charge in [0.25, 0.3) is 0 Å². The molecule has 0 saturated carbocycles. The van der Waals surface area contributed by atoms with Gasteiger partial charge in [0.15, 0.2) is 5.69 Å². The molecule has 3 rings (SSSR count). The molecule has 0 spiro atoms. The molecule has 23 heavy (non-hydrogen) atoms. The van der Waals surface area contributed by atoms with Crippen LogP contribution in [-0.2, 0) is 6.61 Å². The van der Waals surface area contributed by atoms with E-state index in [2.05, 4.69) is 24.0 Å². The van der Waals surface area contributed by atoms with Crippen molar-refractivity contribution in [3.05, 3.63) is 70.7 Å². The van der Waals surface area contributed by atoms with E-state index in [4.69, 9.17) is 9.84 Å². The molecular weight excluding hydrogens is 310 g/mol. The molecule has 0 amide bonds. The highest BCUT2D eigenvalue weighted by Crippen LogP contribution is 2.26. The zero-order valence-electron chi connectivity index (χ0n) is 12.5. The highest BCUT2D eigenvalue weighted by atomic mass is 32.1. The van der Waals surface area contributed by atoms with Gasteiger partial charge in [-0.2, -0.15) is 0 Å². The summed E-state index contributed by atoms with van der Waals surface area (Å²) in [4.78, 5) is 15.0. The summed E-state index contributed by atoms with van der Waals surface area (Å²) in [6.45, 7) is 2.57. The number of carboxylic acid groups (broad SMARTS) is 1. The van der Waals surface area contributed by atoms with E-state index in [1.54, 1.807) is 5.38 Å². The van der Waals surface area contributed by atoms with Crippen molar-refractivity contribution in [2.75, 3.05) is 0 Å². The van der Waals surface area contributed by atoms with Crippen LogP contribution in [0.3, 0.4) is 0 Å². The maximum absolute atomic E-state index is 10.9. The van der Waals surface area contributed by atoms with E-state index in [-0.39, 0.29) is 5.69 Å². The monoisotopic (exact) mass is 325 g/mol. The maximum Gasteiger partial charge on any atom is 0.355 e. The van der Waals surface area contributed by atoms with Crippen molar-refractivity contribution >= 4 is 17.3 Å². The summed E-state index contributed by atoms with van der Waals surface area (Å²) < 4.78 is 5.76. The molecule has 0 aliphatic heterocycles. The minimum Gasteiger partial charge on any atom is -0.489 e. The minimum absolute atomic E-state index is 0.0738. The van der Waals surface area contributed by atoms with Crippen LogP contribution in [0.4, 0.5) is 0 Å². The van der Waals surface area contributed by atoms with E-state index >= 15 is 0 Å². The van der Waals surface area contributed by atoms with Gasteiger partial charge >= 0.3 is 5.97 Å². The Kier molecular flexibility index (Phi) is 4.39. The van der Waals surface area contributed by atoms with E-state index in [1.165, 1.54) is 16.9 Å². The van der Waals surface area contributed by atoms with E-state index in [0.717, 1.165) is 16.9 Å². The number of aromatic nitrogens is 1. The normalized spacial score (nSPS) is 10.5. The van der Waals surface area contributed by atoms with Crippen LogP contribution in [0.1, 0.15) is 21.6 Å². The fourth-order valence-electron chi connectivity index (χ4n) is 2.05. The van der Waals surface area contributed by atoms with Crippen molar-refractivity contribution in [2.24, 2.45) is 0 Å². The van der Waals surface area contributed by atoms with Gasteiger partial charge in [0.2, 0.25) is 0 Å². The number of carbonyl (C=O) groups is 1. The fraction of sp³-hybridized carbons (Fsp3) is 0.111. The number of nitrogens with zero attached hydrogens (tertiary/aromatic N) is 1. The van der Waals surface area contributed by atoms with Crippen molar-refractivity contribution < 1.29 is 14.6 Å². The lowest BCUT2D eigenvalue weighted by Crippen LogP contribution is -1.96. The van der Waals surface area contributed by atoms with Gasteiger partial charge in [-0.1, -0.05) is 29.8 Å². The fourth-order valence-corrected chi connectivity index (χ4v) is 2.85. The Bertz CT molecular complexity index is 807. The lowest BCUT2D eigenvalue weighted by molar-refractivity contribution is 0.0691. The molecule has 0 fully saturated rings. The third-order valence-electron chi connectivity index (χ3n) is 3.35. The summed E-state index contributed by atoms with van der Waals surface area (Å²) in [5.74, 6) is -0.241. The molecular formula is C18H15NO3S. The van der Waals surface area contributed by atoms with Gasteiger partial charge < -0.3 is 9.84 Å². The van der Waals surface area contributed by atoms with Gasteiger partial charge in [0, 0.05) is 10.9 Å². The largest absolute Gasteiger partial charge is 0.489 e. The van der Waals surface area contributed by atoms with E-state index in [1.807, 2.05) is 36.4 Å². The summed E-state index contributed by atoms with van der Waals surface area (Å²) in [7, 11) is 0. The number of ether oxygens (including phenoxy) is 1. The minimum atomic E-state index is -1.01. The number of hydrogen-bond donors (Lipinski definition) is 1. The van der Waals surface area contributed by atoms with Gasteiger partial charge in [-0.25, -0.2) is 9.78 Å². The second-order valence-electron chi connectivity index (χ2n) is 5.14. The Morgan fingerprint density at radius 2 is 1.83 bits per heavy atom. The SMILES string of the molecule is Cc1ccc(COc2ccc(-c3nc(C(=O)O)cs3)cc2)cc1. The average Bonchev–Trinajstić information content (AvgIpc) is 3.05. The van der Waals surface area contributed by atoms with Crippen molar-refractivity contribution in [3.63, 3.8) is 0 Å². The molecule has 2 aromatic carbocycles. The van der Waals surface area contributed by atoms with Gasteiger partial charge in [0.05, 0.1) is 0 Å². The lowest BCUT2D eigenvalue weighted by atomic mass is 10.2. The predicted molar refractivity (Wildman–Crippen MR) is 90.0 cm³/mol. The van der Waals surface area contributed by atoms with Gasteiger partial charge in [-0.3, -0.25) is 0 Å². The summed E-state index contributed by atoms with van der Waals surface area (Å²) in [6, 6.07) is 15.7. The first kappa shape index (κ1) is 15.2. The summed E-state index contributed by atoms with van der Waals surface area (Å²) in [5, 5.41) is 11.1. The molecule has 3 aromatic rings. The third-order valence-corrected chi connectivity index (χ3v) is 4.24. The average molecular weight is 325 g/mol. The van der Waals surface area contributed by atoms with Crippen molar-refractivity contribution in [1.29, 1.82) is 0 Å². The number of carboxylic acids is 1. The molecule has 4 nitrogen and oxygen atoms in total. The second kappa shape index (κ2) is 6.62. The van der Waals surface area contributed by atoms with Crippen molar-refractivity contribution in [1.82, 2.24) is 4.98 Å². The van der Waals surface area contributed by atoms with E-state index in [0.29, 0.717) is 11.6 Å². The van der Waals surface area contributed by atoms with Crippen LogP contribution >= 0.6 is 11.3 Å². The molecule has 1 aromatic heterocycles. The van der Waals surface area contributed by atoms with Gasteiger partial charge in [0.1, 0.15) is 17.4 Å². The van der Waals surface area contributed by atoms with Crippen LogP contribution < -0.4 is 4.74 Å². The van der Waals surface area contributed by atoms with Crippen LogP contribution in [0.2, 0.25) is 0 Å². The Morgan fingerprint density at radius 1 is 1.13 bits per heavy atom. The standard InChI is InChI=1S/C18H15NO3S/c1-12-2-4-13(5-3-12)10-22-15-8-6-14(7-9-15)17-19-16(11-23-17)18(20)21/h2-9,11H,10H2,1H3,(H,20,21). The first-order valence-electron chi connectivity index (χ1n) is 7.09. The Labute approximate surface area is 138 Å². The van der Waals surface area contributed by atoms with Crippen LogP contribution in [0.5, 0.6) is 5.75 Å². The lowest BCUT2D eigenvalue weighted by Gasteiger charge is -2.07. The molecule has 1 N–H and O–H groups in total. The smallest absolute Gasteiger partial charge is 0.355 e. The van der Waals surface area contributed by atoms with Crippen molar-refractivity contribution in [3.8, 4) is 16.3 Å². The third kappa shape index (κ3) is 3.76.